The Morgan fingerprint density at radius 2 is 1.50 bits per heavy atom. The Morgan fingerprint density at radius 3 is 2.20 bits per heavy atom. The van der Waals surface area contributed by atoms with Gasteiger partial charge in [-0.15, -0.1) is 0 Å². The summed E-state index contributed by atoms with van der Waals surface area (Å²) in [7, 11) is 0. The predicted molar refractivity (Wildman–Crippen MR) is 70.8 cm³/mol. The van der Waals surface area contributed by atoms with Crippen molar-refractivity contribution < 1.29 is 18.3 Å². The van der Waals surface area contributed by atoms with Crippen LogP contribution < -0.4 is 0 Å². The van der Waals surface area contributed by atoms with Gasteiger partial charge in [-0.05, 0) is 42.3 Å². The number of halogens is 3. The highest BCUT2D eigenvalue weighted by atomic mass is 19.1. The summed E-state index contributed by atoms with van der Waals surface area (Å²) in [6, 6.07) is 9.16. The molecule has 2 aromatic carbocycles. The average Bonchev–Trinajstić information content (AvgIpc) is 2.36. The second-order valence-electron chi connectivity index (χ2n) is 5.18. The normalized spacial score (nSPS) is 14.1. The molecule has 0 saturated heterocycles. The molecule has 0 heterocycles. The SMILES string of the molecule is CC(O)(Cc1ccccc1F)Cc1cc(F)ccc1F. The summed E-state index contributed by atoms with van der Waals surface area (Å²) in [6.07, 6.45) is -0.0689. The van der Waals surface area contributed by atoms with Gasteiger partial charge in [-0.2, -0.15) is 0 Å². The van der Waals surface area contributed by atoms with Gasteiger partial charge in [-0.25, -0.2) is 13.2 Å². The summed E-state index contributed by atoms with van der Waals surface area (Å²) in [5.74, 6) is -1.57. The van der Waals surface area contributed by atoms with Crippen LogP contribution in [-0.2, 0) is 12.8 Å². The molecule has 0 aromatic heterocycles. The fourth-order valence-corrected chi connectivity index (χ4v) is 2.20. The molecule has 1 nitrogen and oxygen atoms in total. The standard InChI is InChI=1S/C16H15F3O/c1-16(20,9-11-4-2-3-5-14(11)18)10-12-8-13(17)6-7-15(12)19/h2-8,20H,9-10H2,1H3. The van der Waals surface area contributed by atoms with Gasteiger partial charge >= 0.3 is 0 Å². The Morgan fingerprint density at radius 1 is 0.900 bits per heavy atom. The van der Waals surface area contributed by atoms with Gasteiger partial charge in [-0.1, -0.05) is 18.2 Å². The van der Waals surface area contributed by atoms with Crippen molar-refractivity contribution in [1.29, 1.82) is 0 Å². The number of rotatable bonds is 4. The Hall–Kier alpha value is -1.81. The van der Waals surface area contributed by atoms with Crippen LogP contribution in [0.2, 0.25) is 0 Å². The van der Waals surface area contributed by atoms with E-state index in [9.17, 15) is 18.3 Å². The molecule has 106 valence electrons. The van der Waals surface area contributed by atoms with E-state index in [-0.39, 0.29) is 18.4 Å². The quantitative estimate of drug-likeness (QED) is 0.906. The van der Waals surface area contributed by atoms with Gasteiger partial charge in [0.2, 0.25) is 0 Å². The average molecular weight is 280 g/mol. The van der Waals surface area contributed by atoms with Crippen molar-refractivity contribution in [1.82, 2.24) is 0 Å². The molecule has 2 rings (SSSR count). The Bertz CT molecular complexity index is 608. The highest BCUT2D eigenvalue weighted by molar-refractivity contribution is 5.23. The Kier molecular flexibility index (Phi) is 4.14. The zero-order valence-electron chi connectivity index (χ0n) is 11.0. The fraction of sp³-hybridized carbons (Fsp3) is 0.250. The zero-order chi connectivity index (χ0) is 14.8. The second-order valence-corrected chi connectivity index (χ2v) is 5.18. The molecule has 1 unspecified atom stereocenters. The van der Waals surface area contributed by atoms with E-state index < -0.39 is 23.1 Å². The molecule has 0 amide bonds. The van der Waals surface area contributed by atoms with E-state index in [1.165, 1.54) is 13.0 Å². The summed E-state index contributed by atoms with van der Waals surface area (Å²) >= 11 is 0. The lowest BCUT2D eigenvalue weighted by atomic mass is 9.89. The lowest BCUT2D eigenvalue weighted by Crippen LogP contribution is -2.31. The van der Waals surface area contributed by atoms with Gasteiger partial charge in [0.25, 0.3) is 0 Å². The van der Waals surface area contributed by atoms with Gasteiger partial charge in [0.05, 0.1) is 5.60 Å². The first-order valence-electron chi connectivity index (χ1n) is 6.27. The molecule has 0 spiro atoms. The third kappa shape index (κ3) is 3.61. The molecule has 2 aromatic rings. The fourth-order valence-electron chi connectivity index (χ4n) is 2.20. The highest BCUT2D eigenvalue weighted by Crippen LogP contribution is 2.22. The van der Waals surface area contributed by atoms with Crippen molar-refractivity contribution in [2.75, 3.05) is 0 Å². The van der Waals surface area contributed by atoms with Gasteiger partial charge < -0.3 is 5.11 Å². The van der Waals surface area contributed by atoms with Crippen molar-refractivity contribution in [3.05, 3.63) is 71.0 Å². The van der Waals surface area contributed by atoms with Crippen LogP contribution in [0.4, 0.5) is 13.2 Å². The maximum atomic E-state index is 13.6. The van der Waals surface area contributed by atoms with Crippen LogP contribution in [0.1, 0.15) is 18.1 Å². The van der Waals surface area contributed by atoms with Crippen LogP contribution in [0.5, 0.6) is 0 Å². The van der Waals surface area contributed by atoms with Crippen molar-refractivity contribution in [3.63, 3.8) is 0 Å². The number of hydrogen-bond acceptors (Lipinski definition) is 1. The van der Waals surface area contributed by atoms with E-state index in [1.54, 1.807) is 18.2 Å². The molecule has 1 atom stereocenters. The molecule has 20 heavy (non-hydrogen) atoms. The summed E-state index contributed by atoms with van der Waals surface area (Å²) in [5.41, 5.74) is -0.947. The van der Waals surface area contributed by atoms with Crippen molar-refractivity contribution in [3.8, 4) is 0 Å². The minimum Gasteiger partial charge on any atom is -0.389 e. The second kappa shape index (κ2) is 5.67. The zero-order valence-corrected chi connectivity index (χ0v) is 11.0. The first-order valence-corrected chi connectivity index (χ1v) is 6.27. The lowest BCUT2D eigenvalue weighted by molar-refractivity contribution is 0.0589. The summed E-state index contributed by atoms with van der Waals surface area (Å²) in [5, 5.41) is 10.3. The number of aliphatic hydroxyl groups is 1. The maximum Gasteiger partial charge on any atom is 0.126 e. The minimum atomic E-state index is -1.36. The van der Waals surface area contributed by atoms with Crippen molar-refractivity contribution in [2.45, 2.75) is 25.4 Å². The molecule has 0 aliphatic heterocycles. The van der Waals surface area contributed by atoms with E-state index >= 15 is 0 Å². The first-order chi connectivity index (χ1) is 9.37. The van der Waals surface area contributed by atoms with E-state index in [2.05, 4.69) is 0 Å². The molecular formula is C16H15F3O. The van der Waals surface area contributed by atoms with Gasteiger partial charge in [0.1, 0.15) is 17.5 Å². The highest BCUT2D eigenvalue weighted by Gasteiger charge is 2.24. The van der Waals surface area contributed by atoms with Crippen molar-refractivity contribution >= 4 is 0 Å². The summed E-state index contributed by atoms with van der Waals surface area (Å²) < 4.78 is 40.2. The van der Waals surface area contributed by atoms with Crippen molar-refractivity contribution in [2.24, 2.45) is 0 Å². The van der Waals surface area contributed by atoms with Gasteiger partial charge in [0, 0.05) is 12.8 Å². The molecule has 0 radical (unpaired) electrons. The van der Waals surface area contributed by atoms with E-state index in [0.717, 1.165) is 18.2 Å². The number of benzene rings is 2. The monoisotopic (exact) mass is 280 g/mol. The predicted octanol–water partition coefficient (Wildman–Crippen LogP) is 3.64. The van der Waals surface area contributed by atoms with Crippen LogP contribution in [0.3, 0.4) is 0 Å². The van der Waals surface area contributed by atoms with Gasteiger partial charge in [0.15, 0.2) is 0 Å². The lowest BCUT2D eigenvalue weighted by Gasteiger charge is -2.24. The Balaban J connectivity index is 2.19. The summed E-state index contributed by atoms with van der Waals surface area (Å²) in [4.78, 5) is 0. The molecule has 0 fully saturated rings. The van der Waals surface area contributed by atoms with E-state index in [4.69, 9.17) is 0 Å². The topological polar surface area (TPSA) is 20.2 Å². The molecule has 0 aliphatic rings. The van der Waals surface area contributed by atoms with Crippen LogP contribution in [0.25, 0.3) is 0 Å². The largest absolute Gasteiger partial charge is 0.389 e. The smallest absolute Gasteiger partial charge is 0.126 e. The number of hydrogen-bond donors (Lipinski definition) is 1. The molecule has 0 bridgehead atoms. The third-order valence-electron chi connectivity index (χ3n) is 3.11. The van der Waals surface area contributed by atoms with E-state index in [1.807, 2.05) is 0 Å². The van der Waals surface area contributed by atoms with E-state index in [0.29, 0.717) is 5.56 Å². The van der Waals surface area contributed by atoms with Gasteiger partial charge in [-0.3, -0.25) is 0 Å². The Labute approximate surface area is 115 Å². The van der Waals surface area contributed by atoms with Crippen LogP contribution >= 0.6 is 0 Å². The molecule has 4 heteroatoms. The molecule has 0 saturated carbocycles. The third-order valence-corrected chi connectivity index (χ3v) is 3.11. The van der Waals surface area contributed by atoms with Crippen LogP contribution in [0, 0.1) is 17.5 Å². The van der Waals surface area contributed by atoms with Crippen LogP contribution in [0.15, 0.2) is 42.5 Å². The maximum absolute atomic E-state index is 13.6. The summed E-state index contributed by atoms with van der Waals surface area (Å²) in [6.45, 7) is 1.48. The first kappa shape index (κ1) is 14.6. The molecule has 1 N–H and O–H groups in total. The minimum absolute atomic E-state index is 0.0234. The molecular weight excluding hydrogens is 265 g/mol. The van der Waals surface area contributed by atoms with Crippen LogP contribution in [-0.4, -0.2) is 10.7 Å². The molecule has 0 aliphatic carbocycles.